The van der Waals surface area contributed by atoms with Crippen LogP contribution < -0.4 is 10.6 Å². The van der Waals surface area contributed by atoms with Crippen LogP contribution in [0.25, 0.3) is 10.6 Å². The highest BCUT2D eigenvalue weighted by Crippen LogP contribution is 2.28. The highest BCUT2D eigenvalue weighted by Gasteiger charge is 2.22. The van der Waals surface area contributed by atoms with Crippen molar-refractivity contribution in [2.75, 3.05) is 18.4 Å². The van der Waals surface area contributed by atoms with E-state index in [1.165, 1.54) is 11.3 Å². The number of nitrogens with zero attached hydrogens (tertiary/aromatic N) is 2. The van der Waals surface area contributed by atoms with Crippen molar-refractivity contribution in [1.82, 2.24) is 15.5 Å². The standard InChI is InChI=1S/C12H14N4OS2.ClH/c17-10(8-1-4-13-5-2-8)14-12-16-15-11(19-12)9-3-6-18-7-9;/h3,6-8,13H,1-2,4-5H2,(H,14,16,17);1H. The fourth-order valence-corrected chi connectivity index (χ4v) is 3.53. The van der Waals surface area contributed by atoms with E-state index < -0.39 is 0 Å². The van der Waals surface area contributed by atoms with Crippen molar-refractivity contribution in [3.63, 3.8) is 0 Å². The summed E-state index contributed by atoms with van der Waals surface area (Å²) >= 11 is 3.04. The molecule has 0 saturated carbocycles. The molecule has 0 atom stereocenters. The minimum Gasteiger partial charge on any atom is -0.317 e. The molecule has 0 spiro atoms. The van der Waals surface area contributed by atoms with Crippen molar-refractivity contribution in [3.8, 4) is 10.6 Å². The SMILES string of the molecule is Cl.O=C(Nc1nnc(-c2ccsc2)s1)C1CCNCC1. The van der Waals surface area contributed by atoms with Crippen LogP contribution in [0.1, 0.15) is 12.8 Å². The van der Waals surface area contributed by atoms with Crippen molar-refractivity contribution in [2.45, 2.75) is 12.8 Å². The lowest BCUT2D eigenvalue weighted by molar-refractivity contribution is -0.120. The van der Waals surface area contributed by atoms with Gasteiger partial charge in [-0.25, -0.2) is 0 Å². The number of thiophene rings is 1. The van der Waals surface area contributed by atoms with Crippen molar-refractivity contribution >= 4 is 46.1 Å². The number of nitrogens with one attached hydrogen (secondary N) is 2. The van der Waals surface area contributed by atoms with Crippen molar-refractivity contribution in [1.29, 1.82) is 0 Å². The zero-order valence-corrected chi connectivity index (χ0v) is 13.1. The summed E-state index contributed by atoms with van der Waals surface area (Å²) in [5.74, 6) is 0.157. The molecular weight excluding hydrogens is 316 g/mol. The smallest absolute Gasteiger partial charge is 0.229 e. The average Bonchev–Trinajstić information content (AvgIpc) is 3.10. The van der Waals surface area contributed by atoms with Crippen molar-refractivity contribution in [2.24, 2.45) is 5.92 Å². The van der Waals surface area contributed by atoms with Gasteiger partial charge in [0.1, 0.15) is 5.01 Å². The summed E-state index contributed by atoms with van der Waals surface area (Å²) in [6.07, 6.45) is 1.78. The number of amides is 1. The quantitative estimate of drug-likeness (QED) is 0.908. The lowest BCUT2D eigenvalue weighted by Crippen LogP contribution is -2.34. The first-order chi connectivity index (χ1) is 9.33. The van der Waals surface area contributed by atoms with Gasteiger partial charge >= 0.3 is 0 Å². The Hall–Kier alpha value is -1.02. The van der Waals surface area contributed by atoms with Gasteiger partial charge in [-0.15, -0.1) is 22.6 Å². The predicted octanol–water partition coefficient (Wildman–Crippen LogP) is 2.63. The van der Waals surface area contributed by atoms with Crippen LogP contribution >= 0.6 is 35.1 Å². The number of carbonyl (C=O) groups excluding carboxylic acids is 1. The van der Waals surface area contributed by atoms with Gasteiger partial charge in [0.05, 0.1) is 0 Å². The van der Waals surface area contributed by atoms with Crippen LogP contribution in [-0.4, -0.2) is 29.2 Å². The maximum absolute atomic E-state index is 12.1. The van der Waals surface area contributed by atoms with E-state index in [4.69, 9.17) is 0 Å². The summed E-state index contributed by atoms with van der Waals surface area (Å²) in [6, 6.07) is 2.00. The second kappa shape index (κ2) is 7.12. The van der Waals surface area contributed by atoms with Crippen LogP contribution in [0.5, 0.6) is 0 Å². The first-order valence-corrected chi connectivity index (χ1v) is 7.96. The molecule has 8 heteroatoms. The van der Waals surface area contributed by atoms with Crippen LogP contribution in [-0.2, 0) is 4.79 Å². The molecule has 0 radical (unpaired) electrons. The molecule has 0 unspecified atom stereocenters. The van der Waals surface area contributed by atoms with E-state index in [0.717, 1.165) is 36.5 Å². The van der Waals surface area contributed by atoms with E-state index in [1.807, 2.05) is 16.8 Å². The normalized spacial score (nSPS) is 15.6. The van der Waals surface area contributed by atoms with Crippen LogP contribution in [0, 0.1) is 5.92 Å². The molecule has 1 amide bonds. The molecule has 3 heterocycles. The highest BCUT2D eigenvalue weighted by molar-refractivity contribution is 7.19. The van der Waals surface area contributed by atoms with Gasteiger partial charge in [0.25, 0.3) is 0 Å². The molecule has 0 aromatic carbocycles. The van der Waals surface area contributed by atoms with Crippen LogP contribution in [0.2, 0.25) is 0 Å². The third-order valence-corrected chi connectivity index (χ3v) is 4.70. The van der Waals surface area contributed by atoms with Gasteiger partial charge in [-0.2, -0.15) is 11.3 Å². The Labute approximate surface area is 131 Å². The van der Waals surface area contributed by atoms with Crippen molar-refractivity contribution < 1.29 is 4.79 Å². The van der Waals surface area contributed by atoms with E-state index in [9.17, 15) is 4.79 Å². The number of aromatic nitrogens is 2. The molecule has 1 saturated heterocycles. The molecule has 5 nitrogen and oxygen atoms in total. The van der Waals surface area contributed by atoms with E-state index >= 15 is 0 Å². The number of rotatable bonds is 3. The average molecular weight is 331 g/mol. The number of carbonyl (C=O) groups is 1. The highest BCUT2D eigenvalue weighted by atomic mass is 35.5. The maximum Gasteiger partial charge on any atom is 0.229 e. The number of piperidine rings is 1. The Kier molecular flexibility index (Phi) is 5.47. The summed E-state index contributed by atoms with van der Waals surface area (Å²) in [5, 5.41) is 19.7. The number of hydrogen-bond acceptors (Lipinski definition) is 6. The van der Waals surface area contributed by atoms with Gasteiger partial charge in [0, 0.05) is 16.9 Å². The fraction of sp³-hybridized carbons (Fsp3) is 0.417. The van der Waals surface area contributed by atoms with Gasteiger partial charge < -0.3 is 10.6 Å². The molecule has 2 aromatic rings. The Bertz CT molecular complexity index is 552. The topological polar surface area (TPSA) is 66.9 Å². The van der Waals surface area contributed by atoms with Crippen LogP contribution in [0.3, 0.4) is 0 Å². The first-order valence-electron chi connectivity index (χ1n) is 6.20. The van der Waals surface area contributed by atoms with Gasteiger partial charge in [0.15, 0.2) is 0 Å². The van der Waals surface area contributed by atoms with E-state index in [1.54, 1.807) is 11.3 Å². The molecule has 20 heavy (non-hydrogen) atoms. The van der Waals surface area contributed by atoms with Gasteiger partial charge in [-0.1, -0.05) is 11.3 Å². The molecule has 1 fully saturated rings. The van der Waals surface area contributed by atoms with Crippen LogP contribution in [0.15, 0.2) is 16.8 Å². The molecule has 2 N–H and O–H groups in total. The second-order valence-corrected chi connectivity index (χ2v) is 6.20. The maximum atomic E-state index is 12.1. The molecule has 0 bridgehead atoms. The Morgan fingerprint density at radius 3 is 2.85 bits per heavy atom. The Morgan fingerprint density at radius 2 is 2.15 bits per heavy atom. The van der Waals surface area contributed by atoms with Gasteiger partial charge in [-0.05, 0) is 37.4 Å². The van der Waals surface area contributed by atoms with Gasteiger partial charge in [-0.3, -0.25) is 4.79 Å². The number of anilines is 1. The minimum absolute atomic E-state index is 0. The molecule has 1 aliphatic rings. The van der Waals surface area contributed by atoms with E-state index in [0.29, 0.717) is 5.13 Å². The molecule has 2 aromatic heterocycles. The fourth-order valence-electron chi connectivity index (χ4n) is 2.07. The Morgan fingerprint density at radius 1 is 1.35 bits per heavy atom. The predicted molar refractivity (Wildman–Crippen MR) is 84.7 cm³/mol. The Balaban J connectivity index is 0.00000147. The first kappa shape index (κ1) is 15.4. The minimum atomic E-state index is 0. The zero-order valence-electron chi connectivity index (χ0n) is 10.7. The summed E-state index contributed by atoms with van der Waals surface area (Å²) in [5.41, 5.74) is 1.06. The summed E-state index contributed by atoms with van der Waals surface area (Å²) in [7, 11) is 0. The zero-order chi connectivity index (χ0) is 13.1. The number of halogens is 1. The van der Waals surface area contributed by atoms with Gasteiger partial charge in [0.2, 0.25) is 11.0 Å². The molecular formula is C12H15ClN4OS2. The van der Waals surface area contributed by atoms with E-state index in [2.05, 4.69) is 20.8 Å². The second-order valence-electron chi connectivity index (χ2n) is 4.44. The molecule has 1 aliphatic heterocycles. The summed E-state index contributed by atoms with van der Waals surface area (Å²) in [4.78, 5) is 12.1. The summed E-state index contributed by atoms with van der Waals surface area (Å²) in [6.45, 7) is 1.82. The summed E-state index contributed by atoms with van der Waals surface area (Å²) < 4.78 is 0. The molecule has 3 rings (SSSR count). The van der Waals surface area contributed by atoms with E-state index in [-0.39, 0.29) is 24.2 Å². The lowest BCUT2D eigenvalue weighted by atomic mass is 9.97. The monoisotopic (exact) mass is 330 g/mol. The third kappa shape index (κ3) is 3.54. The third-order valence-electron chi connectivity index (χ3n) is 3.13. The molecule has 0 aliphatic carbocycles. The van der Waals surface area contributed by atoms with Crippen molar-refractivity contribution in [3.05, 3.63) is 16.8 Å². The largest absolute Gasteiger partial charge is 0.317 e. The number of hydrogen-bond donors (Lipinski definition) is 2. The lowest BCUT2D eigenvalue weighted by Gasteiger charge is -2.20. The molecule has 108 valence electrons. The van der Waals surface area contributed by atoms with Crippen LogP contribution in [0.4, 0.5) is 5.13 Å².